The van der Waals surface area contributed by atoms with Crippen LogP contribution in [0.25, 0.3) is 0 Å². The van der Waals surface area contributed by atoms with Gasteiger partial charge >= 0.3 is 12.1 Å². The quantitative estimate of drug-likeness (QED) is 0.860. The van der Waals surface area contributed by atoms with E-state index >= 15 is 0 Å². The molecule has 0 unspecified atom stereocenters. The first-order valence-corrected chi connectivity index (χ1v) is 5.82. The second kappa shape index (κ2) is 6.39. The van der Waals surface area contributed by atoms with E-state index in [0.717, 1.165) is 12.1 Å². The first-order valence-electron chi connectivity index (χ1n) is 5.82. The highest BCUT2D eigenvalue weighted by atomic mass is 19.4. The van der Waals surface area contributed by atoms with E-state index in [1.807, 2.05) is 0 Å². The van der Waals surface area contributed by atoms with Crippen LogP contribution in [0.2, 0.25) is 0 Å². The normalized spacial score (nSPS) is 11.0. The maximum Gasteiger partial charge on any atom is 0.417 e. The van der Waals surface area contributed by atoms with Crippen molar-refractivity contribution >= 4 is 5.97 Å². The number of rotatable bonds is 4. The van der Waals surface area contributed by atoms with Crippen LogP contribution in [0.3, 0.4) is 0 Å². The summed E-state index contributed by atoms with van der Waals surface area (Å²) in [4.78, 5) is 11.4. The number of nitriles is 1. The van der Waals surface area contributed by atoms with Crippen LogP contribution >= 0.6 is 0 Å². The lowest BCUT2D eigenvalue weighted by Crippen LogP contribution is -2.18. The summed E-state index contributed by atoms with van der Waals surface area (Å²) in [7, 11) is 0. The molecule has 1 aromatic carbocycles. The average Bonchev–Trinajstić information content (AvgIpc) is 2.36. The summed E-state index contributed by atoms with van der Waals surface area (Å²) in [5, 5.41) is 8.82. The molecule has 0 aliphatic carbocycles. The molecular formula is C13H13F3N2O2. The van der Waals surface area contributed by atoms with Crippen molar-refractivity contribution in [3.05, 3.63) is 34.4 Å². The molecule has 0 aromatic heterocycles. The Morgan fingerprint density at radius 1 is 1.40 bits per heavy atom. The van der Waals surface area contributed by atoms with E-state index < -0.39 is 24.1 Å². The molecule has 0 saturated carbocycles. The molecule has 1 rings (SSSR count). The van der Waals surface area contributed by atoms with Crippen molar-refractivity contribution in [1.29, 1.82) is 5.26 Å². The molecule has 108 valence electrons. The van der Waals surface area contributed by atoms with Crippen LogP contribution in [-0.4, -0.2) is 12.6 Å². The third kappa shape index (κ3) is 3.71. The maximum atomic E-state index is 13.1. The van der Waals surface area contributed by atoms with E-state index in [9.17, 15) is 18.0 Å². The number of halogens is 3. The lowest BCUT2D eigenvalue weighted by atomic mass is 9.95. The Bertz CT molecular complexity index is 548. The fraction of sp³-hybridized carbons (Fsp3) is 0.385. The van der Waals surface area contributed by atoms with E-state index in [4.69, 9.17) is 11.0 Å². The Hall–Kier alpha value is -2.07. The topological polar surface area (TPSA) is 76.1 Å². The Kier molecular flexibility index (Phi) is 5.11. The number of alkyl halides is 3. The Morgan fingerprint density at radius 2 is 2.00 bits per heavy atom. The van der Waals surface area contributed by atoms with Gasteiger partial charge in [-0.2, -0.15) is 18.4 Å². The van der Waals surface area contributed by atoms with Crippen LogP contribution in [0.5, 0.6) is 0 Å². The minimum Gasteiger partial charge on any atom is -0.466 e. The second-order valence-electron chi connectivity index (χ2n) is 3.96. The second-order valence-corrected chi connectivity index (χ2v) is 3.96. The van der Waals surface area contributed by atoms with Crippen LogP contribution in [0.1, 0.15) is 29.2 Å². The maximum absolute atomic E-state index is 13.1. The molecule has 2 N–H and O–H groups in total. The van der Waals surface area contributed by atoms with Crippen molar-refractivity contribution in [3.63, 3.8) is 0 Å². The number of ether oxygens (including phenoxy) is 1. The van der Waals surface area contributed by atoms with Crippen molar-refractivity contribution < 1.29 is 22.7 Å². The molecule has 0 spiro atoms. The first-order chi connectivity index (χ1) is 9.33. The monoisotopic (exact) mass is 286 g/mol. The number of esters is 1. The predicted octanol–water partition coefficient (Wildman–Crippen LogP) is 2.14. The molecule has 20 heavy (non-hydrogen) atoms. The molecule has 0 fully saturated rings. The smallest absolute Gasteiger partial charge is 0.417 e. The molecule has 0 aliphatic rings. The Balaban J connectivity index is 3.38. The number of carbonyl (C=O) groups excluding carboxylic acids is 1. The number of carbonyl (C=O) groups is 1. The molecule has 0 atom stereocenters. The van der Waals surface area contributed by atoms with E-state index in [0.29, 0.717) is 0 Å². The summed E-state index contributed by atoms with van der Waals surface area (Å²) in [6, 6.07) is 3.87. The zero-order valence-electron chi connectivity index (χ0n) is 10.8. The van der Waals surface area contributed by atoms with E-state index in [1.165, 1.54) is 0 Å². The fourth-order valence-electron chi connectivity index (χ4n) is 1.86. The summed E-state index contributed by atoms with van der Waals surface area (Å²) in [6.07, 6.45) is -5.20. The highest BCUT2D eigenvalue weighted by molar-refractivity contribution is 5.73. The van der Waals surface area contributed by atoms with Gasteiger partial charge in [-0.3, -0.25) is 4.79 Å². The van der Waals surface area contributed by atoms with Gasteiger partial charge in [-0.15, -0.1) is 0 Å². The lowest BCUT2D eigenvalue weighted by molar-refractivity contribution is -0.143. The molecule has 7 heteroatoms. The highest BCUT2D eigenvalue weighted by Gasteiger charge is 2.36. The number of nitrogens with two attached hydrogens (primary N) is 1. The summed E-state index contributed by atoms with van der Waals surface area (Å²) >= 11 is 0. The molecule has 0 heterocycles. The van der Waals surface area contributed by atoms with Crippen molar-refractivity contribution in [2.75, 3.05) is 6.61 Å². The zero-order valence-corrected chi connectivity index (χ0v) is 10.8. The van der Waals surface area contributed by atoms with Gasteiger partial charge in [0.25, 0.3) is 0 Å². The lowest BCUT2D eigenvalue weighted by Gasteiger charge is -2.17. The summed E-state index contributed by atoms with van der Waals surface area (Å²) in [5.41, 5.74) is 3.86. The number of hydrogen-bond donors (Lipinski definition) is 1. The third-order valence-corrected chi connectivity index (χ3v) is 2.57. The average molecular weight is 286 g/mol. The van der Waals surface area contributed by atoms with Gasteiger partial charge in [-0.1, -0.05) is 0 Å². The van der Waals surface area contributed by atoms with E-state index in [1.54, 1.807) is 13.0 Å². The zero-order chi connectivity index (χ0) is 15.3. The van der Waals surface area contributed by atoms with Gasteiger partial charge < -0.3 is 10.5 Å². The summed E-state index contributed by atoms with van der Waals surface area (Å²) in [6.45, 7) is 1.25. The molecule has 0 bridgehead atoms. The van der Waals surface area contributed by atoms with Gasteiger partial charge in [-0.05, 0) is 30.2 Å². The van der Waals surface area contributed by atoms with Gasteiger partial charge in [0.15, 0.2) is 0 Å². The number of nitrogens with zero attached hydrogens (tertiary/aromatic N) is 1. The van der Waals surface area contributed by atoms with Crippen LogP contribution in [-0.2, 0) is 28.7 Å². The van der Waals surface area contributed by atoms with Crippen molar-refractivity contribution in [2.24, 2.45) is 5.73 Å². The van der Waals surface area contributed by atoms with Gasteiger partial charge in [0.05, 0.1) is 30.2 Å². The first kappa shape index (κ1) is 16.0. The standard InChI is InChI=1S/C13H13F3N2O2/c1-2-20-11(19)5-9-3-8(6-17)4-10(7-18)12(9)13(14,15)16/h3-4H,2,5,7,18H2,1H3. The van der Waals surface area contributed by atoms with Crippen molar-refractivity contribution in [3.8, 4) is 6.07 Å². The molecule has 4 nitrogen and oxygen atoms in total. The minimum absolute atomic E-state index is 0.0257. The fourth-order valence-corrected chi connectivity index (χ4v) is 1.86. The van der Waals surface area contributed by atoms with Crippen LogP contribution in [0, 0.1) is 11.3 Å². The van der Waals surface area contributed by atoms with Crippen molar-refractivity contribution in [2.45, 2.75) is 26.1 Å². The van der Waals surface area contributed by atoms with E-state index in [-0.39, 0.29) is 29.8 Å². The Morgan fingerprint density at radius 3 is 2.45 bits per heavy atom. The molecule has 0 amide bonds. The molecule has 1 aromatic rings. The van der Waals surface area contributed by atoms with Gasteiger partial charge in [0.1, 0.15) is 0 Å². The van der Waals surface area contributed by atoms with Crippen molar-refractivity contribution in [1.82, 2.24) is 0 Å². The molecular weight excluding hydrogens is 273 g/mol. The third-order valence-electron chi connectivity index (χ3n) is 2.57. The summed E-state index contributed by atoms with van der Waals surface area (Å²) < 4.78 is 43.9. The number of hydrogen-bond acceptors (Lipinski definition) is 4. The van der Waals surface area contributed by atoms with Crippen LogP contribution in [0.4, 0.5) is 13.2 Å². The molecule has 0 aliphatic heterocycles. The van der Waals surface area contributed by atoms with Crippen LogP contribution in [0.15, 0.2) is 12.1 Å². The van der Waals surface area contributed by atoms with Gasteiger partial charge in [0, 0.05) is 6.54 Å². The highest BCUT2D eigenvalue weighted by Crippen LogP contribution is 2.35. The molecule has 0 saturated heterocycles. The largest absolute Gasteiger partial charge is 0.466 e. The number of benzene rings is 1. The van der Waals surface area contributed by atoms with E-state index in [2.05, 4.69) is 4.74 Å². The van der Waals surface area contributed by atoms with Gasteiger partial charge in [0.2, 0.25) is 0 Å². The minimum atomic E-state index is -4.65. The van der Waals surface area contributed by atoms with Crippen LogP contribution < -0.4 is 5.73 Å². The SMILES string of the molecule is CCOC(=O)Cc1cc(C#N)cc(CN)c1C(F)(F)F. The predicted molar refractivity (Wildman–Crippen MR) is 64.4 cm³/mol. The summed E-state index contributed by atoms with van der Waals surface area (Å²) in [5.74, 6) is -0.781. The molecule has 0 radical (unpaired) electrons. The van der Waals surface area contributed by atoms with Gasteiger partial charge in [-0.25, -0.2) is 0 Å². The Labute approximate surface area is 113 Å².